The lowest BCUT2D eigenvalue weighted by molar-refractivity contribution is 0.0790. The third-order valence-electron chi connectivity index (χ3n) is 2.96. The second-order valence-electron chi connectivity index (χ2n) is 5.03. The van der Waals surface area contributed by atoms with E-state index in [9.17, 15) is 9.18 Å². The summed E-state index contributed by atoms with van der Waals surface area (Å²) in [4.78, 5) is 16.0. The molecule has 0 atom stereocenters. The molecule has 0 heterocycles. The van der Waals surface area contributed by atoms with Crippen LogP contribution in [0, 0.1) is 17.7 Å². The highest BCUT2D eigenvalue weighted by Gasteiger charge is 2.15. The average Bonchev–Trinajstić information content (AvgIpc) is 2.44. The van der Waals surface area contributed by atoms with Crippen molar-refractivity contribution in [3.05, 3.63) is 35.1 Å². The van der Waals surface area contributed by atoms with Gasteiger partial charge in [-0.05, 0) is 45.3 Å². The fraction of sp³-hybridized carbons (Fsp3) is 0.438. The first-order valence-electron chi connectivity index (χ1n) is 6.75. The van der Waals surface area contributed by atoms with E-state index < -0.39 is 5.82 Å². The molecular formula is C16H21FN2O2. The Labute approximate surface area is 125 Å². The van der Waals surface area contributed by atoms with E-state index in [2.05, 4.69) is 11.8 Å². The number of rotatable bonds is 5. The highest BCUT2D eigenvalue weighted by molar-refractivity contribution is 5.96. The van der Waals surface area contributed by atoms with Crippen LogP contribution in [0.5, 0.6) is 0 Å². The number of carbonyl (C=O) groups is 1. The van der Waals surface area contributed by atoms with Gasteiger partial charge in [-0.15, -0.1) is 0 Å². The number of amides is 1. The molecule has 0 bridgehead atoms. The molecule has 0 radical (unpaired) electrons. The van der Waals surface area contributed by atoms with Gasteiger partial charge in [-0.25, -0.2) is 4.39 Å². The second kappa shape index (κ2) is 8.40. The molecule has 0 aliphatic rings. The van der Waals surface area contributed by atoms with Crippen LogP contribution in [0.3, 0.4) is 0 Å². The molecule has 0 saturated heterocycles. The Kier molecular flexibility index (Phi) is 6.86. The molecule has 0 spiro atoms. The molecule has 21 heavy (non-hydrogen) atoms. The fourth-order valence-corrected chi connectivity index (χ4v) is 1.87. The minimum absolute atomic E-state index is 0.198. The van der Waals surface area contributed by atoms with E-state index in [1.165, 1.54) is 18.2 Å². The van der Waals surface area contributed by atoms with Crippen LogP contribution in [0.15, 0.2) is 18.2 Å². The van der Waals surface area contributed by atoms with Crippen molar-refractivity contribution in [2.24, 2.45) is 0 Å². The van der Waals surface area contributed by atoms with E-state index in [-0.39, 0.29) is 12.5 Å². The molecular weight excluding hydrogens is 271 g/mol. The summed E-state index contributed by atoms with van der Waals surface area (Å²) in [6.45, 7) is 1.17. The van der Waals surface area contributed by atoms with Crippen LogP contribution in [0.1, 0.15) is 22.3 Å². The standard InChI is InChI=1S/C16H21FN2O2/c1-18(2)9-5-10-19(3)16(21)15-8-7-14(17)12-13(15)6-4-11-20/h7-8,12,20H,5,9-11H2,1-3H3. The van der Waals surface area contributed by atoms with Gasteiger partial charge >= 0.3 is 0 Å². The Morgan fingerprint density at radius 1 is 1.29 bits per heavy atom. The maximum Gasteiger partial charge on any atom is 0.254 e. The smallest absolute Gasteiger partial charge is 0.254 e. The number of aliphatic hydroxyl groups is 1. The number of hydrogen-bond acceptors (Lipinski definition) is 3. The van der Waals surface area contributed by atoms with Crippen LogP contribution in [0.4, 0.5) is 4.39 Å². The van der Waals surface area contributed by atoms with E-state index in [1.54, 1.807) is 11.9 Å². The topological polar surface area (TPSA) is 43.8 Å². The lowest BCUT2D eigenvalue weighted by Crippen LogP contribution is -2.30. The van der Waals surface area contributed by atoms with Gasteiger partial charge in [0, 0.05) is 19.2 Å². The molecule has 4 nitrogen and oxygen atoms in total. The average molecular weight is 292 g/mol. The van der Waals surface area contributed by atoms with Crippen molar-refractivity contribution in [1.29, 1.82) is 0 Å². The van der Waals surface area contributed by atoms with E-state index in [0.717, 1.165) is 13.0 Å². The quantitative estimate of drug-likeness (QED) is 0.829. The first-order valence-corrected chi connectivity index (χ1v) is 6.75. The number of aliphatic hydroxyl groups excluding tert-OH is 1. The summed E-state index contributed by atoms with van der Waals surface area (Å²) in [5.74, 6) is 4.41. The highest BCUT2D eigenvalue weighted by atomic mass is 19.1. The first-order chi connectivity index (χ1) is 9.95. The van der Waals surface area contributed by atoms with Gasteiger partial charge in [0.15, 0.2) is 0 Å². The minimum Gasteiger partial charge on any atom is -0.384 e. The Balaban J connectivity index is 2.85. The van der Waals surface area contributed by atoms with E-state index >= 15 is 0 Å². The van der Waals surface area contributed by atoms with E-state index in [1.807, 2.05) is 19.0 Å². The molecule has 0 aliphatic heterocycles. The molecule has 1 aromatic carbocycles. The summed E-state index contributed by atoms with van der Waals surface area (Å²) < 4.78 is 13.3. The number of halogens is 1. The third kappa shape index (κ3) is 5.54. The van der Waals surface area contributed by atoms with Crippen LogP contribution in [0.2, 0.25) is 0 Å². The highest BCUT2D eigenvalue weighted by Crippen LogP contribution is 2.13. The van der Waals surface area contributed by atoms with Gasteiger partial charge in [0.1, 0.15) is 12.4 Å². The zero-order chi connectivity index (χ0) is 15.8. The fourth-order valence-electron chi connectivity index (χ4n) is 1.87. The number of hydrogen-bond donors (Lipinski definition) is 1. The van der Waals surface area contributed by atoms with E-state index in [4.69, 9.17) is 5.11 Å². The van der Waals surface area contributed by atoms with Crippen molar-refractivity contribution in [2.75, 3.05) is 40.8 Å². The molecule has 0 unspecified atom stereocenters. The zero-order valence-corrected chi connectivity index (χ0v) is 12.7. The van der Waals surface area contributed by atoms with Crippen LogP contribution in [-0.4, -0.2) is 61.7 Å². The Morgan fingerprint density at radius 2 is 2.00 bits per heavy atom. The predicted molar refractivity (Wildman–Crippen MR) is 80.5 cm³/mol. The van der Waals surface area contributed by atoms with Crippen molar-refractivity contribution in [2.45, 2.75) is 6.42 Å². The Hall–Kier alpha value is -1.90. The number of carbonyl (C=O) groups excluding carboxylic acids is 1. The van der Waals surface area contributed by atoms with Crippen molar-refractivity contribution >= 4 is 5.91 Å². The van der Waals surface area contributed by atoms with Crippen molar-refractivity contribution in [1.82, 2.24) is 9.80 Å². The largest absolute Gasteiger partial charge is 0.384 e. The van der Waals surface area contributed by atoms with E-state index in [0.29, 0.717) is 17.7 Å². The summed E-state index contributed by atoms with van der Waals surface area (Å²) in [5.41, 5.74) is 0.651. The molecule has 0 saturated carbocycles. The zero-order valence-electron chi connectivity index (χ0n) is 12.7. The van der Waals surface area contributed by atoms with Crippen LogP contribution < -0.4 is 0 Å². The van der Waals surface area contributed by atoms with Gasteiger partial charge in [0.25, 0.3) is 5.91 Å². The van der Waals surface area contributed by atoms with Crippen LogP contribution in [0.25, 0.3) is 0 Å². The summed E-state index contributed by atoms with van der Waals surface area (Å²) >= 11 is 0. The summed E-state index contributed by atoms with van der Waals surface area (Å²) in [6, 6.07) is 3.88. The molecule has 0 aromatic heterocycles. The van der Waals surface area contributed by atoms with Crippen molar-refractivity contribution < 1.29 is 14.3 Å². The van der Waals surface area contributed by atoms with Gasteiger partial charge < -0.3 is 14.9 Å². The van der Waals surface area contributed by atoms with Gasteiger partial charge in [-0.1, -0.05) is 11.8 Å². The normalized spacial score (nSPS) is 10.2. The minimum atomic E-state index is -0.455. The second-order valence-corrected chi connectivity index (χ2v) is 5.03. The molecule has 0 fully saturated rings. The van der Waals surface area contributed by atoms with Crippen molar-refractivity contribution in [3.63, 3.8) is 0 Å². The molecule has 1 amide bonds. The first kappa shape index (κ1) is 17.2. The number of nitrogens with zero attached hydrogens (tertiary/aromatic N) is 2. The van der Waals surface area contributed by atoms with Gasteiger partial charge in [-0.3, -0.25) is 4.79 Å². The SMILES string of the molecule is CN(C)CCCN(C)C(=O)c1ccc(F)cc1C#CCO. The van der Waals surface area contributed by atoms with Crippen LogP contribution >= 0.6 is 0 Å². The Morgan fingerprint density at radius 3 is 2.62 bits per heavy atom. The molecule has 5 heteroatoms. The molecule has 1 N–H and O–H groups in total. The van der Waals surface area contributed by atoms with Gasteiger partial charge in [0.05, 0.1) is 5.56 Å². The predicted octanol–water partition coefficient (Wildman–Crippen LogP) is 1.19. The summed E-state index contributed by atoms with van der Waals surface area (Å²) in [5, 5.41) is 8.74. The van der Waals surface area contributed by atoms with Crippen molar-refractivity contribution in [3.8, 4) is 11.8 Å². The molecule has 1 rings (SSSR count). The Bertz CT molecular complexity index is 547. The number of benzene rings is 1. The van der Waals surface area contributed by atoms with Gasteiger partial charge in [0.2, 0.25) is 0 Å². The van der Waals surface area contributed by atoms with Gasteiger partial charge in [-0.2, -0.15) is 0 Å². The monoisotopic (exact) mass is 292 g/mol. The molecule has 0 aliphatic carbocycles. The van der Waals surface area contributed by atoms with Crippen LogP contribution in [-0.2, 0) is 0 Å². The maximum absolute atomic E-state index is 13.3. The maximum atomic E-state index is 13.3. The molecule has 114 valence electrons. The lowest BCUT2D eigenvalue weighted by atomic mass is 10.1. The summed E-state index contributed by atoms with van der Waals surface area (Å²) in [6.07, 6.45) is 0.855. The third-order valence-corrected chi connectivity index (χ3v) is 2.96. The molecule has 1 aromatic rings. The lowest BCUT2D eigenvalue weighted by Gasteiger charge is -2.19. The summed E-state index contributed by atoms with van der Waals surface area (Å²) in [7, 11) is 5.67.